The molecule has 2 fully saturated rings. The molecule has 0 aliphatic carbocycles. The quantitative estimate of drug-likeness (QED) is 0.626. The number of rotatable bonds is 6. The maximum absolute atomic E-state index is 12.9. The standard InChI is InChI=1S/C23H33N3O6S/c1-15-18(22(29)31-2)20(33-19(15)23(30)32-3)24-17(27)14-25-12-8-16(9-13-25)21(28)26-10-6-4-5-7-11-26/h16H,4-14H2,1-3H3,(H,24,27). The Morgan fingerprint density at radius 1 is 0.939 bits per heavy atom. The van der Waals surface area contributed by atoms with E-state index in [-0.39, 0.29) is 39.7 Å². The average molecular weight is 480 g/mol. The van der Waals surface area contributed by atoms with E-state index in [4.69, 9.17) is 9.47 Å². The molecule has 0 radical (unpaired) electrons. The summed E-state index contributed by atoms with van der Waals surface area (Å²) < 4.78 is 9.60. The number of carbonyl (C=O) groups excluding carboxylic acids is 4. The van der Waals surface area contributed by atoms with Crippen molar-refractivity contribution in [2.24, 2.45) is 5.92 Å². The molecular weight excluding hydrogens is 446 g/mol. The van der Waals surface area contributed by atoms with Gasteiger partial charge in [-0.05, 0) is 51.3 Å². The fourth-order valence-electron chi connectivity index (χ4n) is 4.49. The van der Waals surface area contributed by atoms with Crippen LogP contribution in [-0.2, 0) is 19.1 Å². The first-order chi connectivity index (χ1) is 15.8. The maximum atomic E-state index is 12.9. The van der Waals surface area contributed by atoms with E-state index in [0.717, 1.165) is 50.1 Å². The first-order valence-corrected chi connectivity index (χ1v) is 12.3. The van der Waals surface area contributed by atoms with E-state index in [1.165, 1.54) is 27.1 Å². The number of hydrogen-bond donors (Lipinski definition) is 1. The Balaban J connectivity index is 1.57. The Hall–Kier alpha value is -2.46. The molecular formula is C23H33N3O6S. The second kappa shape index (κ2) is 11.6. The second-order valence-corrected chi connectivity index (χ2v) is 9.60. The van der Waals surface area contributed by atoms with Crippen molar-refractivity contribution in [2.75, 3.05) is 52.3 Å². The number of esters is 2. The monoisotopic (exact) mass is 479 g/mol. The zero-order valence-corrected chi connectivity index (χ0v) is 20.4. The van der Waals surface area contributed by atoms with Crippen molar-refractivity contribution in [3.63, 3.8) is 0 Å². The van der Waals surface area contributed by atoms with Gasteiger partial charge in [0, 0.05) is 19.0 Å². The molecule has 10 heteroatoms. The molecule has 33 heavy (non-hydrogen) atoms. The van der Waals surface area contributed by atoms with Crippen molar-refractivity contribution in [1.82, 2.24) is 9.80 Å². The topological polar surface area (TPSA) is 105 Å². The molecule has 2 saturated heterocycles. The van der Waals surface area contributed by atoms with Crippen LogP contribution in [0.15, 0.2) is 0 Å². The molecule has 0 aromatic carbocycles. The molecule has 0 saturated carbocycles. The number of piperidine rings is 1. The van der Waals surface area contributed by atoms with Gasteiger partial charge in [-0.15, -0.1) is 11.3 Å². The minimum atomic E-state index is -0.623. The van der Waals surface area contributed by atoms with E-state index < -0.39 is 11.9 Å². The second-order valence-electron chi connectivity index (χ2n) is 8.58. The van der Waals surface area contributed by atoms with Crippen LogP contribution in [-0.4, -0.2) is 80.5 Å². The summed E-state index contributed by atoms with van der Waals surface area (Å²) in [5, 5.41) is 3.03. The van der Waals surface area contributed by atoms with Gasteiger partial charge in [-0.1, -0.05) is 12.8 Å². The third-order valence-electron chi connectivity index (χ3n) is 6.38. The van der Waals surface area contributed by atoms with Crippen LogP contribution >= 0.6 is 11.3 Å². The number of nitrogens with one attached hydrogen (secondary N) is 1. The van der Waals surface area contributed by atoms with Crippen molar-refractivity contribution in [1.29, 1.82) is 0 Å². The highest BCUT2D eigenvalue weighted by atomic mass is 32.1. The predicted octanol–water partition coefficient (Wildman–Crippen LogP) is 2.68. The molecule has 1 aromatic rings. The van der Waals surface area contributed by atoms with E-state index in [0.29, 0.717) is 18.7 Å². The van der Waals surface area contributed by atoms with E-state index in [9.17, 15) is 19.2 Å². The van der Waals surface area contributed by atoms with Crippen LogP contribution in [0, 0.1) is 12.8 Å². The molecule has 182 valence electrons. The Kier molecular flexibility index (Phi) is 8.85. The number of hydrogen-bond acceptors (Lipinski definition) is 8. The van der Waals surface area contributed by atoms with Gasteiger partial charge in [0.1, 0.15) is 9.88 Å². The molecule has 0 bridgehead atoms. The number of amides is 2. The zero-order chi connectivity index (χ0) is 24.0. The van der Waals surface area contributed by atoms with Crippen molar-refractivity contribution < 1.29 is 28.7 Å². The van der Waals surface area contributed by atoms with Gasteiger partial charge in [-0.3, -0.25) is 14.5 Å². The zero-order valence-electron chi connectivity index (χ0n) is 19.6. The molecule has 0 unspecified atom stereocenters. The highest BCUT2D eigenvalue weighted by Crippen LogP contribution is 2.34. The maximum Gasteiger partial charge on any atom is 0.348 e. The minimum Gasteiger partial charge on any atom is -0.465 e. The largest absolute Gasteiger partial charge is 0.465 e. The van der Waals surface area contributed by atoms with Crippen molar-refractivity contribution in [3.8, 4) is 0 Å². The van der Waals surface area contributed by atoms with E-state index >= 15 is 0 Å². The van der Waals surface area contributed by atoms with Gasteiger partial charge in [-0.2, -0.15) is 0 Å². The number of ether oxygens (including phenoxy) is 2. The number of carbonyl (C=O) groups is 4. The van der Waals surface area contributed by atoms with Crippen LogP contribution in [0.2, 0.25) is 0 Å². The van der Waals surface area contributed by atoms with Crippen LogP contribution in [0.5, 0.6) is 0 Å². The van der Waals surface area contributed by atoms with Gasteiger partial charge < -0.3 is 19.7 Å². The molecule has 9 nitrogen and oxygen atoms in total. The third kappa shape index (κ3) is 6.11. The van der Waals surface area contributed by atoms with Crippen molar-refractivity contribution >= 4 is 40.1 Å². The number of nitrogens with zero attached hydrogens (tertiary/aromatic N) is 2. The summed E-state index contributed by atoms with van der Waals surface area (Å²) in [5.74, 6) is -1.19. The number of anilines is 1. The van der Waals surface area contributed by atoms with Crippen LogP contribution in [0.3, 0.4) is 0 Å². The molecule has 3 heterocycles. The van der Waals surface area contributed by atoms with Crippen molar-refractivity contribution in [2.45, 2.75) is 45.4 Å². The Morgan fingerprint density at radius 2 is 1.55 bits per heavy atom. The van der Waals surface area contributed by atoms with Crippen LogP contribution in [0.25, 0.3) is 0 Å². The molecule has 2 amide bonds. The fourth-order valence-corrected chi connectivity index (χ4v) is 5.62. The molecule has 2 aliphatic rings. The first-order valence-electron chi connectivity index (χ1n) is 11.5. The lowest BCUT2D eigenvalue weighted by molar-refractivity contribution is -0.137. The number of likely N-dealkylation sites (tertiary alicyclic amines) is 2. The first kappa shape index (κ1) is 25.2. The average Bonchev–Trinajstić information content (AvgIpc) is 2.98. The van der Waals surface area contributed by atoms with Crippen LogP contribution in [0.1, 0.15) is 64.1 Å². The Morgan fingerprint density at radius 3 is 2.12 bits per heavy atom. The summed E-state index contributed by atoms with van der Waals surface area (Å²) in [5.41, 5.74) is 0.583. The van der Waals surface area contributed by atoms with Gasteiger partial charge in [-0.25, -0.2) is 9.59 Å². The highest BCUT2D eigenvalue weighted by molar-refractivity contribution is 7.18. The van der Waals surface area contributed by atoms with Gasteiger partial charge >= 0.3 is 11.9 Å². The summed E-state index contributed by atoms with van der Waals surface area (Å²) in [6.45, 7) is 4.82. The van der Waals surface area contributed by atoms with E-state index in [1.807, 2.05) is 9.80 Å². The SMILES string of the molecule is COC(=O)c1sc(NC(=O)CN2CCC(C(=O)N3CCCCCC3)CC2)c(C(=O)OC)c1C. The van der Waals surface area contributed by atoms with Crippen molar-refractivity contribution in [3.05, 3.63) is 16.0 Å². The molecule has 0 atom stereocenters. The van der Waals surface area contributed by atoms with Gasteiger partial charge in [0.25, 0.3) is 0 Å². The Labute approximate surface area is 198 Å². The number of thiophene rings is 1. The summed E-state index contributed by atoms with van der Waals surface area (Å²) in [6, 6.07) is 0. The van der Waals surface area contributed by atoms with E-state index in [1.54, 1.807) is 6.92 Å². The minimum absolute atomic E-state index is 0.0240. The van der Waals surface area contributed by atoms with Crippen LogP contribution < -0.4 is 5.32 Å². The lowest BCUT2D eigenvalue weighted by Gasteiger charge is -2.33. The molecule has 2 aliphatic heterocycles. The molecule has 0 spiro atoms. The van der Waals surface area contributed by atoms with Gasteiger partial charge in [0.2, 0.25) is 11.8 Å². The summed E-state index contributed by atoms with van der Waals surface area (Å²) >= 11 is 0.999. The molecule has 3 rings (SSSR count). The highest BCUT2D eigenvalue weighted by Gasteiger charge is 2.30. The normalized spacial score (nSPS) is 17.8. The smallest absolute Gasteiger partial charge is 0.348 e. The lowest BCUT2D eigenvalue weighted by Crippen LogP contribution is -2.44. The number of methoxy groups -OCH3 is 2. The van der Waals surface area contributed by atoms with Gasteiger partial charge in [0.05, 0.1) is 26.3 Å². The van der Waals surface area contributed by atoms with Gasteiger partial charge in [0.15, 0.2) is 0 Å². The predicted molar refractivity (Wildman–Crippen MR) is 125 cm³/mol. The molecule has 1 N–H and O–H groups in total. The fraction of sp³-hybridized carbons (Fsp3) is 0.652. The third-order valence-corrected chi connectivity index (χ3v) is 7.57. The molecule has 1 aromatic heterocycles. The van der Waals surface area contributed by atoms with Crippen LogP contribution in [0.4, 0.5) is 5.00 Å². The Bertz CT molecular complexity index is 883. The summed E-state index contributed by atoms with van der Waals surface area (Å²) in [4.78, 5) is 54.1. The lowest BCUT2D eigenvalue weighted by atomic mass is 9.95. The summed E-state index contributed by atoms with van der Waals surface area (Å²) in [6.07, 6.45) is 6.03. The van der Waals surface area contributed by atoms with E-state index in [2.05, 4.69) is 5.32 Å². The summed E-state index contributed by atoms with van der Waals surface area (Å²) in [7, 11) is 2.51.